The van der Waals surface area contributed by atoms with Crippen molar-refractivity contribution < 1.29 is 9.47 Å². The van der Waals surface area contributed by atoms with Crippen molar-refractivity contribution >= 4 is 27.6 Å². The van der Waals surface area contributed by atoms with Crippen LogP contribution in [-0.4, -0.2) is 52.1 Å². The van der Waals surface area contributed by atoms with E-state index in [4.69, 9.17) is 14.5 Å². The van der Waals surface area contributed by atoms with Crippen LogP contribution in [0.2, 0.25) is 0 Å². The zero-order valence-corrected chi connectivity index (χ0v) is 21.7. The van der Waals surface area contributed by atoms with Crippen molar-refractivity contribution in [3.05, 3.63) is 84.9 Å². The van der Waals surface area contributed by atoms with Gasteiger partial charge in [0, 0.05) is 50.4 Å². The standard InChI is InChI=1S/C30H32N6O2/c1-21(37-2)38-25-10-11-27-26(18-25)33-20-36(27)29-12-9-22-6-5-8-28(30(22)34-29)35-16-13-23(14-17-35)32-19-24-7-3-4-15-31-24/h3-12,15,18,20-21,23,32H,13-14,16-17,19H2,1-2H3. The second kappa shape index (κ2) is 10.8. The second-order valence-corrected chi connectivity index (χ2v) is 9.67. The summed E-state index contributed by atoms with van der Waals surface area (Å²) in [6, 6.07) is 23.1. The van der Waals surface area contributed by atoms with Crippen LogP contribution >= 0.6 is 0 Å². The Morgan fingerprint density at radius 1 is 1.00 bits per heavy atom. The van der Waals surface area contributed by atoms with Gasteiger partial charge in [-0.3, -0.25) is 9.55 Å². The van der Waals surface area contributed by atoms with E-state index in [9.17, 15) is 0 Å². The molecular weight excluding hydrogens is 476 g/mol. The quantitative estimate of drug-likeness (QED) is 0.292. The van der Waals surface area contributed by atoms with Crippen molar-refractivity contribution in [1.29, 1.82) is 0 Å². The highest BCUT2D eigenvalue weighted by Crippen LogP contribution is 2.30. The van der Waals surface area contributed by atoms with Crippen molar-refractivity contribution in [3.63, 3.8) is 0 Å². The molecule has 8 nitrogen and oxygen atoms in total. The van der Waals surface area contributed by atoms with Crippen LogP contribution in [0.4, 0.5) is 5.69 Å². The molecule has 4 heterocycles. The van der Waals surface area contributed by atoms with E-state index in [1.165, 1.54) is 5.69 Å². The predicted octanol–water partition coefficient (Wildman–Crippen LogP) is 5.10. The zero-order valence-electron chi connectivity index (χ0n) is 21.7. The van der Waals surface area contributed by atoms with Crippen molar-refractivity contribution in [2.45, 2.75) is 38.6 Å². The number of ether oxygens (including phenoxy) is 2. The molecule has 0 radical (unpaired) electrons. The maximum absolute atomic E-state index is 5.77. The van der Waals surface area contributed by atoms with Crippen molar-refractivity contribution in [2.24, 2.45) is 0 Å². The first-order valence-corrected chi connectivity index (χ1v) is 13.1. The minimum absolute atomic E-state index is 0.322. The Labute approximate surface area is 222 Å². The number of fused-ring (bicyclic) bond motifs is 2. The number of benzene rings is 2. The molecule has 0 amide bonds. The lowest BCUT2D eigenvalue weighted by molar-refractivity contribution is -0.0382. The number of hydrogen-bond donors (Lipinski definition) is 1. The number of aromatic nitrogens is 4. The molecule has 1 unspecified atom stereocenters. The second-order valence-electron chi connectivity index (χ2n) is 9.67. The number of piperidine rings is 1. The lowest BCUT2D eigenvalue weighted by Crippen LogP contribution is -2.42. The summed E-state index contributed by atoms with van der Waals surface area (Å²) >= 11 is 0. The van der Waals surface area contributed by atoms with Crippen molar-refractivity contribution in [2.75, 3.05) is 25.1 Å². The molecule has 3 aromatic heterocycles. The van der Waals surface area contributed by atoms with Gasteiger partial charge in [0.05, 0.1) is 27.9 Å². The smallest absolute Gasteiger partial charge is 0.196 e. The summed E-state index contributed by atoms with van der Waals surface area (Å²) in [5, 5.41) is 4.81. The molecule has 0 bridgehead atoms. The first-order chi connectivity index (χ1) is 18.7. The van der Waals surface area contributed by atoms with Gasteiger partial charge in [0.25, 0.3) is 0 Å². The molecule has 1 aliphatic rings. The van der Waals surface area contributed by atoms with E-state index in [0.29, 0.717) is 6.04 Å². The first-order valence-electron chi connectivity index (χ1n) is 13.1. The number of hydrogen-bond acceptors (Lipinski definition) is 7. The molecule has 194 valence electrons. The third kappa shape index (κ3) is 5.05. The Kier molecular flexibility index (Phi) is 6.90. The molecule has 6 rings (SSSR count). The first kappa shape index (κ1) is 24.3. The van der Waals surface area contributed by atoms with Crippen LogP contribution in [-0.2, 0) is 11.3 Å². The van der Waals surface area contributed by atoms with Crippen molar-refractivity contribution in [1.82, 2.24) is 24.8 Å². The Balaban J connectivity index is 1.21. The summed E-state index contributed by atoms with van der Waals surface area (Å²) in [4.78, 5) is 16.6. The normalized spacial score (nSPS) is 15.3. The highest BCUT2D eigenvalue weighted by molar-refractivity contribution is 5.92. The minimum atomic E-state index is -0.322. The van der Waals surface area contributed by atoms with Gasteiger partial charge in [-0.25, -0.2) is 9.97 Å². The molecule has 2 aromatic carbocycles. The number of pyridine rings is 2. The molecule has 1 saturated heterocycles. The minimum Gasteiger partial charge on any atom is -0.465 e. The number of nitrogens with zero attached hydrogens (tertiary/aromatic N) is 5. The third-order valence-electron chi connectivity index (χ3n) is 7.22. The van der Waals surface area contributed by atoms with E-state index < -0.39 is 0 Å². The number of imidazole rings is 1. The average molecular weight is 509 g/mol. The van der Waals surface area contributed by atoms with Crippen LogP contribution in [0.15, 0.2) is 79.3 Å². The molecule has 38 heavy (non-hydrogen) atoms. The number of methoxy groups -OCH3 is 1. The zero-order chi connectivity index (χ0) is 25.9. The molecular formula is C30H32N6O2. The van der Waals surface area contributed by atoms with Gasteiger partial charge in [-0.1, -0.05) is 18.2 Å². The Morgan fingerprint density at radius 2 is 1.89 bits per heavy atom. The highest BCUT2D eigenvalue weighted by Gasteiger charge is 2.21. The van der Waals surface area contributed by atoms with Gasteiger partial charge in [-0.15, -0.1) is 0 Å². The predicted molar refractivity (Wildman–Crippen MR) is 150 cm³/mol. The number of nitrogens with one attached hydrogen (secondary N) is 1. The van der Waals surface area contributed by atoms with E-state index in [-0.39, 0.29) is 6.29 Å². The number of para-hydroxylation sites is 1. The molecule has 5 aromatic rings. The fraction of sp³-hybridized carbons (Fsp3) is 0.300. The van der Waals surface area contributed by atoms with E-state index in [1.54, 1.807) is 7.11 Å². The fourth-order valence-corrected chi connectivity index (χ4v) is 5.07. The van der Waals surface area contributed by atoms with Gasteiger partial charge in [0.1, 0.15) is 17.9 Å². The summed E-state index contributed by atoms with van der Waals surface area (Å²) < 4.78 is 13.0. The van der Waals surface area contributed by atoms with Gasteiger partial charge in [-0.05, 0) is 62.2 Å². The molecule has 1 fully saturated rings. The van der Waals surface area contributed by atoms with Gasteiger partial charge >= 0.3 is 0 Å². The fourth-order valence-electron chi connectivity index (χ4n) is 5.07. The summed E-state index contributed by atoms with van der Waals surface area (Å²) in [6.45, 7) is 4.65. The average Bonchev–Trinajstić information content (AvgIpc) is 3.39. The largest absolute Gasteiger partial charge is 0.465 e. The lowest BCUT2D eigenvalue weighted by atomic mass is 10.0. The summed E-state index contributed by atoms with van der Waals surface area (Å²) in [5.41, 5.74) is 5.11. The molecule has 0 spiro atoms. The van der Waals surface area contributed by atoms with E-state index in [0.717, 1.165) is 71.7 Å². The molecule has 1 atom stereocenters. The van der Waals surface area contributed by atoms with Crippen LogP contribution in [0.5, 0.6) is 5.75 Å². The van der Waals surface area contributed by atoms with Gasteiger partial charge in [0.15, 0.2) is 6.29 Å². The molecule has 8 heteroatoms. The van der Waals surface area contributed by atoms with Crippen LogP contribution in [0.1, 0.15) is 25.5 Å². The summed E-state index contributed by atoms with van der Waals surface area (Å²) in [7, 11) is 1.63. The summed E-state index contributed by atoms with van der Waals surface area (Å²) in [5.74, 6) is 1.57. The van der Waals surface area contributed by atoms with E-state index in [2.05, 4.69) is 56.6 Å². The van der Waals surface area contributed by atoms with E-state index >= 15 is 0 Å². The number of anilines is 1. The summed E-state index contributed by atoms with van der Waals surface area (Å²) in [6.07, 6.45) is 5.52. The Hall–Kier alpha value is -4.01. The molecule has 1 N–H and O–H groups in total. The van der Waals surface area contributed by atoms with Crippen LogP contribution in [0.25, 0.3) is 27.8 Å². The van der Waals surface area contributed by atoms with Crippen LogP contribution < -0.4 is 15.0 Å². The SMILES string of the molecule is COC(C)Oc1ccc2c(c1)ncn2-c1ccc2cccc(N3CCC(NCc4ccccn4)CC3)c2n1. The monoisotopic (exact) mass is 508 g/mol. The third-order valence-corrected chi connectivity index (χ3v) is 7.22. The van der Waals surface area contributed by atoms with Gasteiger partial charge in [-0.2, -0.15) is 0 Å². The van der Waals surface area contributed by atoms with Crippen molar-refractivity contribution in [3.8, 4) is 11.6 Å². The molecule has 1 aliphatic heterocycles. The Bertz CT molecular complexity index is 1530. The lowest BCUT2D eigenvalue weighted by Gasteiger charge is -2.34. The maximum atomic E-state index is 5.77. The maximum Gasteiger partial charge on any atom is 0.196 e. The van der Waals surface area contributed by atoms with E-state index in [1.807, 2.05) is 54.3 Å². The van der Waals surface area contributed by atoms with Gasteiger partial charge < -0.3 is 19.7 Å². The van der Waals surface area contributed by atoms with Crippen LogP contribution in [0.3, 0.4) is 0 Å². The highest BCUT2D eigenvalue weighted by atomic mass is 16.7. The van der Waals surface area contributed by atoms with Crippen LogP contribution in [0, 0.1) is 0 Å². The number of rotatable bonds is 8. The molecule has 0 saturated carbocycles. The van der Waals surface area contributed by atoms with Gasteiger partial charge in [0.2, 0.25) is 0 Å². The Morgan fingerprint density at radius 3 is 2.71 bits per heavy atom. The molecule has 0 aliphatic carbocycles. The topological polar surface area (TPSA) is 77.3 Å².